The number of hydrogen-bond acceptors (Lipinski definition) is 3. The zero-order valence-electron chi connectivity index (χ0n) is 13.1. The first-order valence-electron chi connectivity index (χ1n) is 7.71. The molecular weight excluding hydrogens is 292 g/mol. The average Bonchev–Trinajstić information content (AvgIpc) is 2.55. The minimum Gasteiger partial charge on any atom is -0.388 e. The number of carbonyl (C=O) groups excluding carboxylic acids is 1. The number of aliphatic hydroxyl groups is 1. The molecule has 5 heteroatoms. The Labute approximate surface area is 134 Å². The van der Waals surface area contributed by atoms with Gasteiger partial charge in [-0.2, -0.15) is 0 Å². The van der Waals surface area contributed by atoms with Gasteiger partial charge in [0, 0.05) is 26.2 Å². The first-order chi connectivity index (χ1) is 11.0. The van der Waals surface area contributed by atoms with E-state index in [1.165, 1.54) is 16.2 Å². The highest BCUT2D eigenvalue weighted by Gasteiger charge is 2.32. The lowest BCUT2D eigenvalue weighted by Gasteiger charge is -2.33. The highest BCUT2D eigenvalue weighted by atomic mass is 16.3. The van der Waals surface area contributed by atoms with Crippen molar-refractivity contribution in [3.05, 3.63) is 69.6 Å². The third-order valence-corrected chi connectivity index (χ3v) is 4.44. The number of aromatic nitrogens is 1. The van der Waals surface area contributed by atoms with Crippen LogP contribution in [0.3, 0.4) is 0 Å². The quantitative estimate of drug-likeness (QED) is 0.889. The second-order valence-corrected chi connectivity index (χ2v) is 6.19. The molecule has 2 aromatic rings. The second-order valence-electron chi connectivity index (χ2n) is 6.19. The Morgan fingerprint density at radius 2 is 2.00 bits per heavy atom. The van der Waals surface area contributed by atoms with E-state index in [4.69, 9.17) is 0 Å². The van der Waals surface area contributed by atoms with Crippen molar-refractivity contribution in [1.29, 1.82) is 0 Å². The summed E-state index contributed by atoms with van der Waals surface area (Å²) < 4.78 is 1.36. The number of nitrogens with zero attached hydrogens (tertiary/aromatic N) is 1. The Balaban J connectivity index is 1.70. The van der Waals surface area contributed by atoms with E-state index < -0.39 is 11.5 Å². The molecule has 0 aliphatic heterocycles. The smallest absolute Gasteiger partial charge is 0.263 e. The van der Waals surface area contributed by atoms with Gasteiger partial charge >= 0.3 is 0 Å². The predicted octanol–water partition coefficient (Wildman–Crippen LogP) is 1.04. The third kappa shape index (κ3) is 3.19. The fourth-order valence-electron chi connectivity index (χ4n) is 3.05. The summed E-state index contributed by atoms with van der Waals surface area (Å²) in [7, 11) is 1.60. The number of benzene rings is 1. The largest absolute Gasteiger partial charge is 0.388 e. The lowest BCUT2D eigenvalue weighted by molar-refractivity contribution is 0.0259. The van der Waals surface area contributed by atoms with Crippen LogP contribution in [0.1, 0.15) is 27.9 Å². The van der Waals surface area contributed by atoms with Gasteiger partial charge in [0.2, 0.25) is 0 Å². The maximum Gasteiger partial charge on any atom is 0.263 e. The number of amides is 1. The molecule has 1 amide bonds. The predicted molar refractivity (Wildman–Crippen MR) is 87.4 cm³/mol. The van der Waals surface area contributed by atoms with Crippen molar-refractivity contribution in [3.8, 4) is 0 Å². The maximum atomic E-state index is 12.2. The van der Waals surface area contributed by atoms with E-state index in [-0.39, 0.29) is 17.7 Å². The van der Waals surface area contributed by atoms with Gasteiger partial charge in [-0.15, -0.1) is 0 Å². The summed E-state index contributed by atoms with van der Waals surface area (Å²) in [4.78, 5) is 24.2. The first kappa shape index (κ1) is 15.5. The second kappa shape index (κ2) is 6.01. The topological polar surface area (TPSA) is 71.3 Å². The van der Waals surface area contributed by atoms with Crippen molar-refractivity contribution in [2.45, 2.75) is 24.9 Å². The number of nitrogens with one attached hydrogen (secondary N) is 1. The molecule has 120 valence electrons. The molecule has 3 rings (SSSR count). The molecule has 1 aliphatic carbocycles. The van der Waals surface area contributed by atoms with Crippen molar-refractivity contribution in [2.24, 2.45) is 7.05 Å². The lowest BCUT2D eigenvalue weighted by atomic mass is 9.80. The molecule has 1 atom stereocenters. The Morgan fingerprint density at radius 3 is 2.78 bits per heavy atom. The Bertz CT molecular complexity index is 797. The normalized spacial score (nSPS) is 19.9. The van der Waals surface area contributed by atoms with E-state index in [9.17, 15) is 14.7 Å². The van der Waals surface area contributed by atoms with Gasteiger partial charge in [0.25, 0.3) is 11.5 Å². The summed E-state index contributed by atoms with van der Waals surface area (Å²) in [6, 6.07) is 11.2. The molecule has 1 aromatic carbocycles. The van der Waals surface area contributed by atoms with Gasteiger partial charge in [0.1, 0.15) is 5.56 Å². The molecule has 0 radical (unpaired) electrons. The van der Waals surface area contributed by atoms with E-state index >= 15 is 0 Å². The van der Waals surface area contributed by atoms with Crippen LogP contribution < -0.4 is 10.9 Å². The maximum absolute atomic E-state index is 12.2. The van der Waals surface area contributed by atoms with E-state index in [1.807, 2.05) is 18.2 Å². The minimum absolute atomic E-state index is 0.0924. The Hall–Kier alpha value is -2.40. The monoisotopic (exact) mass is 312 g/mol. The fraction of sp³-hybridized carbons (Fsp3) is 0.333. The molecule has 23 heavy (non-hydrogen) atoms. The number of pyridine rings is 1. The van der Waals surface area contributed by atoms with Gasteiger partial charge in [-0.3, -0.25) is 9.59 Å². The van der Waals surface area contributed by atoms with Crippen molar-refractivity contribution < 1.29 is 9.90 Å². The van der Waals surface area contributed by atoms with Crippen LogP contribution in [0.15, 0.2) is 47.4 Å². The van der Waals surface area contributed by atoms with Gasteiger partial charge in [0.15, 0.2) is 0 Å². The summed E-state index contributed by atoms with van der Waals surface area (Å²) in [5.41, 5.74) is 1.15. The van der Waals surface area contributed by atoms with Gasteiger partial charge in [0.05, 0.1) is 5.60 Å². The van der Waals surface area contributed by atoms with Crippen LogP contribution in [0.5, 0.6) is 0 Å². The highest BCUT2D eigenvalue weighted by Crippen LogP contribution is 2.28. The standard InChI is InChI=1S/C18H20N2O3/c1-20-10-4-7-15(17(20)22)16(21)19-12-18(23)9-8-13-5-2-3-6-14(13)11-18/h2-7,10,23H,8-9,11-12H2,1H3,(H,19,21). The van der Waals surface area contributed by atoms with Gasteiger partial charge in [-0.1, -0.05) is 24.3 Å². The van der Waals surface area contributed by atoms with Gasteiger partial charge < -0.3 is 15.0 Å². The third-order valence-electron chi connectivity index (χ3n) is 4.44. The molecule has 0 fully saturated rings. The van der Waals surface area contributed by atoms with Crippen LogP contribution >= 0.6 is 0 Å². The van der Waals surface area contributed by atoms with Crippen LogP contribution in [-0.4, -0.2) is 27.7 Å². The van der Waals surface area contributed by atoms with Gasteiger partial charge in [-0.25, -0.2) is 0 Å². The molecule has 1 unspecified atom stereocenters. The highest BCUT2D eigenvalue weighted by molar-refractivity contribution is 5.93. The van der Waals surface area contributed by atoms with E-state index in [1.54, 1.807) is 19.3 Å². The van der Waals surface area contributed by atoms with E-state index in [0.29, 0.717) is 12.8 Å². The summed E-state index contributed by atoms with van der Waals surface area (Å²) in [5, 5.41) is 13.4. The van der Waals surface area contributed by atoms with Crippen LogP contribution in [0.25, 0.3) is 0 Å². The number of aryl methyl sites for hydroxylation is 2. The summed E-state index contributed by atoms with van der Waals surface area (Å²) in [6.07, 6.45) is 3.49. The Morgan fingerprint density at radius 1 is 1.26 bits per heavy atom. The van der Waals surface area contributed by atoms with E-state index in [0.717, 1.165) is 12.0 Å². The molecule has 0 spiro atoms. The van der Waals surface area contributed by atoms with Crippen LogP contribution in [-0.2, 0) is 19.9 Å². The molecular formula is C18H20N2O3. The van der Waals surface area contributed by atoms with Crippen LogP contribution in [0.2, 0.25) is 0 Å². The first-order valence-corrected chi connectivity index (χ1v) is 7.71. The number of fused-ring (bicyclic) bond motifs is 1. The number of rotatable bonds is 3. The number of hydrogen-bond donors (Lipinski definition) is 2. The van der Waals surface area contributed by atoms with Crippen LogP contribution in [0.4, 0.5) is 0 Å². The van der Waals surface area contributed by atoms with Crippen molar-refractivity contribution >= 4 is 5.91 Å². The molecule has 0 saturated carbocycles. The van der Waals surface area contributed by atoms with E-state index in [2.05, 4.69) is 11.4 Å². The Kier molecular flexibility index (Phi) is 4.05. The summed E-state index contributed by atoms with van der Waals surface area (Å²) >= 11 is 0. The average molecular weight is 312 g/mol. The molecule has 0 saturated heterocycles. The minimum atomic E-state index is -0.968. The molecule has 0 bridgehead atoms. The fourth-order valence-corrected chi connectivity index (χ4v) is 3.05. The van der Waals surface area contributed by atoms with Crippen LogP contribution in [0, 0.1) is 0 Å². The molecule has 1 aliphatic rings. The SMILES string of the molecule is Cn1cccc(C(=O)NCC2(O)CCc3ccccc3C2)c1=O. The zero-order chi connectivity index (χ0) is 16.4. The summed E-state index contributed by atoms with van der Waals surface area (Å²) in [5.74, 6) is -0.446. The lowest BCUT2D eigenvalue weighted by Crippen LogP contribution is -2.47. The molecule has 5 nitrogen and oxygen atoms in total. The number of carbonyl (C=O) groups is 1. The van der Waals surface area contributed by atoms with Crippen molar-refractivity contribution in [2.75, 3.05) is 6.54 Å². The van der Waals surface area contributed by atoms with Crippen molar-refractivity contribution in [3.63, 3.8) is 0 Å². The molecule has 1 heterocycles. The van der Waals surface area contributed by atoms with Gasteiger partial charge in [-0.05, 0) is 36.1 Å². The zero-order valence-corrected chi connectivity index (χ0v) is 13.1. The summed E-state index contributed by atoms with van der Waals surface area (Å²) in [6.45, 7) is 0.137. The molecule has 1 aromatic heterocycles. The van der Waals surface area contributed by atoms with Crippen molar-refractivity contribution in [1.82, 2.24) is 9.88 Å². The molecule has 2 N–H and O–H groups in total.